The van der Waals surface area contributed by atoms with Crippen molar-refractivity contribution in [1.29, 1.82) is 0 Å². The molecular weight excluding hydrogens is 284 g/mol. The van der Waals surface area contributed by atoms with Gasteiger partial charge in [-0.2, -0.15) is 0 Å². The van der Waals surface area contributed by atoms with Crippen LogP contribution >= 0.6 is 23.4 Å². The number of nitrogens with zero attached hydrogens (tertiary/aromatic N) is 4. The molecule has 5 nitrogen and oxygen atoms in total. The number of methoxy groups -OCH3 is 1. The van der Waals surface area contributed by atoms with E-state index in [0.29, 0.717) is 11.1 Å². The van der Waals surface area contributed by atoms with Crippen molar-refractivity contribution in [1.82, 2.24) is 20.2 Å². The van der Waals surface area contributed by atoms with E-state index >= 15 is 0 Å². The van der Waals surface area contributed by atoms with Gasteiger partial charge in [-0.1, -0.05) is 23.4 Å². The number of rotatable bonds is 5. The van der Waals surface area contributed by atoms with Crippen LogP contribution in [0, 0.1) is 0 Å². The van der Waals surface area contributed by atoms with Gasteiger partial charge in [0.25, 0.3) is 0 Å². The van der Waals surface area contributed by atoms with Crippen molar-refractivity contribution in [2.75, 3.05) is 7.11 Å². The molecule has 0 aliphatic heterocycles. The van der Waals surface area contributed by atoms with E-state index in [4.69, 9.17) is 16.3 Å². The Kier molecular flexibility index (Phi) is 3.61. The van der Waals surface area contributed by atoms with Gasteiger partial charge < -0.3 is 4.74 Å². The Morgan fingerprint density at radius 2 is 2.32 bits per heavy atom. The third kappa shape index (κ3) is 2.84. The number of tetrazole rings is 1. The summed E-state index contributed by atoms with van der Waals surface area (Å²) in [6.45, 7) is 0. The Balaban J connectivity index is 1.74. The minimum absolute atomic E-state index is 0.485. The SMILES string of the molecule is COc1ccc(Cl)cc1CSc1nnnn1C1CC1. The third-order valence-electron chi connectivity index (χ3n) is 2.95. The van der Waals surface area contributed by atoms with Gasteiger partial charge in [0, 0.05) is 16.3 Å². The van der Waals surface area contributed by atoms with Crippen LogP contribution in [0.1, 0.15) is 24.4 Å². The second-order valence-electron chi connectivity index (χ2n) is 4.38. The molecule has 1 heterocycles. The second-order valence-corrected chi connectivity index (χ2v) is 5.76. The average Bonchev–Trinajstić information content (AvgIpc) is 3.15. The van der Waals surface area contributed by atoms with Crippen LogP contribution in [-0.2, 0) is 5.75 Å². The first kappa shape index (κ1) is 12.7. The van der Waals surface area contributed by atoms with Crippen LogP contribution in [-0.4, -0.2) is 27.3 Å². The quantitative estimate of drug-likeness (QED) is 0.794. The molecule has 1 aromatic heterocycles. The molecule has 19 heavy (non-hydrogen) atoms. The predicted molar refractivity (Wildman–Crippen MR) is 73.7 cm³/mol. The van der Waals surface area contributed by atoms with Gasteiger partial charge in [-0.15, -0.1) is 5.10 Å². The van der Waals surface area contributed by atoms with Crippen LogP contribution in [0.3, 0.4) is 0 Å². The summed E-state index contributed by atoms with van der Waals surface area (Å²) in [6.07, 6.45) is 2.33. The summed E-state index contributed by atoms with van der Waals surface area (Å²) in [7, 11) is 1.66. The normalized spacial score (nSPS) is 14.6. The number of halogens is 1. The number of hydrogen-bond acceptors (Lipinski definition) is 5. The lowest BCUT2D eigenvalue weighted by atomic mass is 10.2. The van der Waals surface area contributed by atoms with Gasteiger partial charge in [0.2, 0.25) is 5.16 Å². The van der Waals surface area contributed by atoms with E-state index in [1.165, 1.54) is 12.8 Å². The molecule has 1 aliphatic rings. The third-order valence-corrected chi connectivity index (χ3v) is 4.17. The number of thioether (sulfide) groups is 1. The molecular formula is C12H13ClN4OS. The number of aromatic nitrogens is 4. The Hall–Kier alpha value is -1.27. The molecule has 2 aromatic rings. The van der Waals surface area contributed by atoms with Crippen molar-refractivity contribution in [2.45, 2.75) is 29.8 Å². The average molecular weight is 297 g/mol. The maximum atomic E-state index is 6.02. The first-order chi connectivity index (χ1) is 9.28. The summed E-state index contributed by atoms with van der Waals surface area (Å²) in [6, 6.07) is 6.10. The zero-order chi connectivity index (χ0) is 13.2. The van der Waals surface area contributed by atoms with Crippen molar-refractivity contribution in [3.63, 3.8) is 0 Å². The van der Waals surface area contributed by atoms with Gasteiger partial charge in [0.15, 0.2) is 0 Å². The molecule has 100 valence electrons. The molecule has 1 fully saturated rings. The van der Waals surface area contributed by atoms with E-state index < -0.39 is 0 Å². The molecule has 0 atom stereocenters. The van der Waals surface area contributed by atoms with Gasteiger partial charge >= 0.3 is 0 Å². The highest BCUT2D eigenvalue weighted by atomic mass is 35.5. The zero-order valence-corrected chi connectivity index (χ0v) is 12.0. The summed E-state index contributed by atoms with van der Waals surface area (Å²) in [5.41, 5.74) is 1.05. The van der Waals surface area contributed by atoms with Gasteiger partial charge in [0.1, 0.15) is 5.75 Å². The van der Waals surface area contributed by atoms with Gasteiger partial charge in [-0.05, 0) is 41.5 Å². The number of ether oxygens (including phenoxy) is 1. The maximum absolute atomic E-state index is 6.02. The fourth-order valence-electron chi connectivity index (χ4n) is 1.83. The highest BCUT2D eigenvalue weighted by Crippen LogP contribution is 2.37. The van der Waals surface area contributed by atoms with Crippen molar-refractivity contribution in [3.8, 4) is 5.75 Å². The van der Waals surface area contributed by atoms with E-state index in [9.17, 15) is 0 Å². The minimum atomic E-state index is 0.485. The monoisotopic (exact) mass is 296 g/mol. The van der Waals surface area contributed by atoms with Crippen molar-refractivity contribution < 1.29 is 4.74 Å². The minimum Gasteiger partial charge on any atom is -0.496 e. The molecule has 3 rings (SSSR count). The van der Waals surface area contributed by atoms with Crippen molar-refractivity contribution in [2.24, 2.45) is 0 Å². The molecule has 0 spiro atoms. The number of benzene rings is 1. The van der Waals surface area contributed by atoms with E-state index in [-0.39, 0.29) is 0 Å². The molecule has 0 amide bonds. The van der Waals surface area contributed by atoms with Crippen molar-refractivity contribution in [3.05, 3.63) is 28.8 Å². The van der Waals surface area contributed by atoms with Crippen LogP contribution in [0.4, 0.5) is 0 Å². The van der Waals surface area contributed by atoms with Crippen LogP contribution in [0.25, 0.3) is 0 Å². The van der Waals surface area contributed by atoms with E-state index in [1.54, 1.807) is 18.9 Å². The second kappa shape index (κ2) is 5.38. The largest absolute Gasteiger partial charge is 0.496 e. The Morgan fingerprint density at radius 3 is 3.05 bits per heavy atom. The molecule has 0 radical (unpaired) electrons. The maximum Gasteiger partial charge on any atom is 0.209 e. The van der Waals surface area contributed by atoms with E-state index in [0.717, 1.165) is 22.2 Å². The van der Waals surface area contributed by atoms with Gasteiger partial charge in [-0.3, -0.25) is 0 Å². The molecule has 1 saturated carbocycles. The predicted octanol–water partition coefficient (Wildman–Crippen LogP) is 2.96. The lowest BCUT2D eigenvalue weighted by Gasteiger charge is -2.08. The molecule has 1 aromatic carbocycles. The van der Waals surface area contributed by atoms with Crippen LogP contribution in [0.5, 0.6) is 5.75 Å². The molecule has 0 bridgehead atoms. The zero-order valence-electron chi connectivity index (χ0n) is 10.4. The smallest absolute Gasteiger partial charge is 0.209 e. The summed E-state index contributed by atoms with van der Waals surface area (Å²) in [4.78, 5) is 0. The van der Waals surface area contributed by atoms with Crippen LogP contribution in [0.2, 0.25) is 5.02 Å². The van der Waals surface area contributed by atoms with Crippen molar-refractivity contribution >= 4 is 23.4 Å². The highest BCUT2D eigenvalue weighted by molar-refractivity contribution is 7.98. The van der Waals surface area contributed by atoms with Gasteiger partial charge in [-0.25, -0.2) is 4.68 Å². The van der Waals surface area contributed by atoms with E-state index in [1.807, 2.05) is 22.9 Å². The fraction of sp³-hybridized carbons (Fsp3) is 0.417. The summed E-state index contributed by atoms with van der Waals surface area (Å²) in [5.74, 6) is 1.57. The molecule has 0 N–H and O–H groups in total. The summed E-state index contributed by atoms with van der Waals surface area (Å²) in [5, 5.41) is 13.4. The Bertz CT molecular complexity index is 585. The molecule has 0 saturated heterocycles. The van der Waals surface area contributed by atoms with Crippen LogP contribution in [0.15, 0.2) is 23.4 Å². The van der Waals surface area contributed by atoms with Gasteiger partial charge in [0.05, 0.1) is 13.2 Å². The van der Waals surface area contributed by atoms with Crippen LogP contribution < -0.4 is 4.74 Å². The lowest BCUT2D eigenvalue weighted by molar-refractivity contribution is 0.411. The highest BCUT2D eigenvalue weighted by Gasteiger charge is 2.27. The Morgan fingerprint density at radius 1 is 1.47 bits per heavy atom. The topological polar surface area (TPSA) is 52.8 Å². The first-order valence-electron chi connectivity index (χ1n) is 6.01. The fourth-order valence-corrected chi connectivity index (χ4v) is 2.95. The first-order valence-corrected chi connectivity index (χ1v) is 7.37. The summed E-state index contributed by atoms with van der Waals surface area (Å²) >= 11 is 7.62. The summed E-state index contributed by atoms with van der Waals surface area (Å²) < 4.78 is 7.23. The molecule has 0 unspecified atom stereocenters. The number of hydrogen-bond donors (Lipinski definition) is 0. The Labute approximate surface area is 120 Å². The van der Waals surface area contributed by atoms with E-state index in [2.05, 4.69) is 15.5 Å². The standard InChI is InChI=1S/C12H13ClN4OS/c1-18-11-5-2-9(13)6-8(11)7-19-12-14-15-16-17(12)10-3-4-10/h2,5-6,10H,3-4,7H2,1H3. The lowest BCUT2D eigenvalue weighted by Crippen LogP contribution is -1.99. The molecule has 1 aliphatic carbocycles. The molecule has 7 heteroatoms.